The van der Waals surface area contributed by atoms with Crippen molar-refractivity contribution < 1.29 is 19.8 Å². The lowest BCUT2D eigenvalue weighted by Crippen LogP contribution is -2.32. The molecule has 0 aliphatic rings. The van der Waals surface area contributed by atoms with Crippen LogP contribution in [0.3, 0.4) is 0 Å². The van der Waals surface area contributed by atoms with E-state index in [0.29, 0.717) is 5.56 Å². The van der Waals surface area contributed by atoms with Crippen LogP contribution < -0.4 is 11.5 Å². The van der Waals surface area contributed by atoms with Crippen molar-refractivity contribution in [3.8, 4) is 5.75 Å². The van der Waals surface area contributed by atoms with Gasteiger partial charge in [0.25, 0.3) is 0 Å². The molecule has 1 atom stereocenters. The van der Waals surface area contributed by atoms with E-state index in [-0.39, 0.29) is 12.2 Å². The van der Waals surface area contributed by atoms with Gasteiger partial charge in [-0.1, -0.05) is 72.8 Å². The topological polar surface area (TPSA) is 127 Å². The first-order valence-electron chi connectivity index (χ1n) is 9.25. The summed E-state index contributed by atoms with van der Waals surface area (Å²) in [6, 6.07) is 22.6. The highest BCUT2D eigenvalue weighted by molar-refractivity contribution is 5.97. The molecule has 0 unspecified atom stereocenters. The number of benzene rings is 3. The van der Waals surface area contributed by atoms with Crippen molar-refractivity contribution in [1.82, 2.24) is 0 Å². The van der Waals surface area contributed by atoms with Crippen LogP contribution in [0.4, 0.5) is 0 Å². The molecular weight excluding hydrogens is 380 g/mol. The molecule has 0 fully saturated rings. The summed E-state index contributed by atoms with van der Waals surface area (Å²) < 4.78 is 0. The molecule has 6 nitrogen and oxygen atoms in total. The van der Waals surface area contributed by atoms with E-state index in [1.807, 2.05) is 54.6 Å². The minimum absolute atomic E-state index is 0.160. The van der Waals surface area contributed by atoms with Gasteiger partial charge < -0.3 is 21.7 Å². The van der Waals surface area contributed by atoms with Gasteiger partial charge >= 0.3 is 5.97 Å². The van der Waals surface area contributed by atoms with E-state index in [4.69, 9.17) is 21.7 Å². The molecule has 6 N–H and O–H groups in total. The number of primary amides is 1. The quantitative estimate of drug-likeness (QED) is 0.469. The van der Waals surface area contributed by atoms with Gasteiger partial charge in [-0.25, -0.2) is 0 Å². The third kappa shape index (κ3) is 7.26. The molecular formula is C24H24N2O4. The summed E-state index contributed by atoms with van der Waals surface area (Å²) in [6.45, 7) is 0. The minimum Gasteiger partial charge on any atom is -0.508 e. The standard InChI is InChI=1S/C15H13NO.C9H11NO3/c16-15(17)14-9-5-4-8-13(14)11-10-12-6-2-1-3-7-12;10-8(9(12)13)5-6-1-3-7(11)4-2-6/h1-11H,(H2,16,17);1-4,8,11H,5,10H2,(H,12,13)/t;8-/m.0/s1. The van der Waals surface area contributed by atoms with Crippen LogP contribution in [0, 0.1) is 0 Å². The van der Waals surface area contributed by atoms with E-state index in [0.717, 1.165) is 16.7 Å². The third-order valence-corrected chi connectivity index (χ3v) is 4.19. The molecule has 0 aliphatic carbocycles. The Bertz CT molecular complexity index is 999. The minimum atomic E-state index is -1.02. The Morgan fingerprint density at radius 3 is 2.07 bits per heavy atom. The molecule has 0 bridgehead atoms. The van der Waals surface area contributed by atoms with Crippen LogP contribution in [0.5, 0.6) is 5.75 Å². The molecule has 154 valence electrons. The van der Waals surface area contributed by atoms with Crippen molar-refractivity contribution in [1.29, 1.82) is 0 Å². The summed E-state index contributed by atoms with van der Waals surface area (Å²) in [5.74, 6) is -1.26. The Kier molecular flexibility index (Phi) is 8.35. The van der Waals surface area contributed by atoms with Gasteiger partial charge in [-0.05, 0) is 41.3 Å². The molecule has 0 spiro atoms. The van der Waals surface area contributed by atoms with Crippen molar-refractivity contribution in [2.45, 2.75) is 12.5 Å². The highest BCUT2D eigenvalue weighted by Crippen LogP contribution is 2.13. The zero-order valence-corrected chi connectivity index (χ0v) is 16.3. The predicted octanol–water partition coefficient (Wildman–Crippen LogP) is 3.30. The van der Waals surface area contributed by atoms with E-state index in [1.165, 1.54) is 12.1 Å². The predicted molar refractivity (Wildman–Crippen MR) is 118 cm³/mol. The largest absolute Gasteiger partial charge is 0.508 e. The number of nitrogens with two attached hydrogens (primary N) is 2. The molecule has 0 saturated heterocycles. The van der Waals surface area contributed by atoms with Gasteiger partial charge in [0.2, 0.25) is 5.91 Å². The average Bonchev–Trinajstić information content (AvgIpc) is 2.75. The maximum Gasteiger partial charge on any atom is 0.320 e. The molecule has 0 radical (unpaired) electrons. The number of aromatic hydroxyl groups is 1. The summed E-state index contributed by atoms with van der Waals surface area (Å²) in [5, 5.41) is 17.5. The Morgan fingerprint density at radius 2 is 1.47 bits per heavy atom. The summed E-state index contributed by atoms with van der Waals surface area (Å²) in [6.07, 6.45) is 4.13. The van der Waals surface area contributed by atoms with Gasteiger partial charge in [-0.2, -0.15) is 0 Å². The number of carboxylic acids is 1. The van der Waals surface area contributed by atoms with Crippen LogP contribution in [0.2, 0.25) is 0 Å². The molecule has 0 heterocycles. The molecule has 0 saturated carbocycles. The SMILES string of the molecule is NC(=O)c1ccccc1C=Cc1ccccc1.N[C@@H](Cc1ccc(O)cc1)C(=O)O. The smallest absolute Gasteiger partial charge is 0.320 e. The van der Waals surface area contributed by atoms with Crippen LogP contribution in [0.15, 0.2) is 78.9 Å². The maximum atomic E-state index is 11.2. The van der Waals surface area contributed by atoms with E-state index in [9.17, 15) is 9.59 Å². The van der Waals surface area contributed by atoms with Gasteiger partial charge in [0.1, 0.15) is 11.8 Å². The molecule has 30 heavy (non-hydrogen) atoms. The summed E-state index contributed by atoms with van der Waals surface area (Å²) in [7, 11) is 0. The fraction of sp³-hybridized carbons (Fsp3) is 0.0833. The molecule has 6 heteroatoms. The number of carbonyl (C=O) groups is 2. The number of phenols is 1. The summed E-state index contributed by atoms with van der Waals surface area (Å²) in [4.78, 5) is 21.6. The van der Waals surface area contributed by atoms with E-state index < -0.39 is 17.9 Å². The highest BCUT2D eigenvalue weighted by Gasteiger charge is 2.11. The molecule has 3 aromatic rings. The number of phenolic OH excluding ortho intramolecular Hbond substituents is 1. The van der Waals surface area contributed by atoms with E-state index >= 15 is 0 Å². The molecule has 3 aromatic carbocycles. The lowest BCUT2D eigenvalue weighted by Gasteiger charge is -2.05. The van der Waals surface area contributed by atoms with E-state index in [1.54, 1.807) is 24.3 Å². The number of amides is 1. The number of hydrogen-bond acceptors (Lipinski definition) is 4. The van der Waals surface area contributed by atoms with Gasteiger partial charge in [0.15, 0.2) is 0 Å². The van der Waals surface area contributed by atoms with Gasteiger partial charge in [0, 0.05) is 5.56 Å². The molecule has 0 aromatic heterocycles. The fourth-order valence-electron chi connectivity index (χ4n) is 2.59. The van der Waals surface area contributed by atoms with Crippen molar-refractivity contribution in [2.24, 2.45) is 11.5 Å². The van der Waals surface area contributed by atoms with E-state index in [2.05, 4.69) is 0 Å². The van der Waals surface area contributed by atoms with Crippen molar-refractivity contribution >= 4 is 24.0 Å². The Balaban J connectivity index is 0.000000222. The number of rotatable bonds is 6. The van der Waals surface area contributed by atoms with Crippen molar-refractivity contribution in [3.63, 3.8) is 0 Å². The Morgan fingerprint density at radius 1 is 0.867 bits per heavy atom. The van der Waals surface area contributed by atoms with Gasteiger partial charge in [-0.3, -0.25) is 9.59 Å². The number of carboxylic acid groups (broad SMARTS) is 1. The normalized spacial score (nSPS) is 11.4. The fourth-order valence-corrected chi connectivity index (χ4v) is 2.59. The number of carbonyl (C=O) groups excluding carboxylic acids is 1. The second-order valence-electron chi connectivity index (χ2n) is 6.51. The van der Waals surface area contributed by atoms with Crippen LogP contribution in [0.1, 0.15) is 27.0 Å². The molecule has 0 aliphatic heterocycles. The first kappa shape index (κ1) is 22.4. The van der Waals surface area contributed by atoms with Gasteiger partial charge in [0.05, 0.1) is 0 Å². The van der Waals surface area contributed by atoms with Crippen LogP contribution in [0.25, 0.3) is 12.2 Å². The van der Waals surface area contributed by atoms with Crippen LogP contribution in [-0.2, 0) is 11.2 Å². The van der Waals surface area contributed by atoms with Gasteiger partial charge in [-0.15, -0.1) is 0 Å². The third-order valence-electron chi connectivity index (χ3n) is 4.19. The summed E-state index contributed by atoms with van der Waals surface area (Å²) >= 11 is 0. The highest BCUT2D eigenvalue weighted by atomic mass is 16.4. The summed E-state index contributed by atoms with van der Waals surface area (Å²) in [5.41, 5.74) is 13.9. The Hall–Kier alpha value is -3.90. The zero-order chi connectivity index (χ0) is 21.9. The molecule has 3 rings (SSSR count). The first-order valence-corrected chi connectivity index (χ1v) is 9.25. The monoisotopic (exact) mass is 404 g/mol. The number of aliphatic carboxylic acids is 1. The number of hydrogen-bond donors (Lipinski definition) is 4. The lowest BCUT2D eigenvalue weighted by molar-refractivity contribution is -0.138. The average molecular weight is 404 g/mol. The Labute approximate surface area is 175 Å². The first-order chi connectivity index (χ1) is 14.4. The van der Waals surface area contributed by atoms with Crippen molar-refractivity contribution in [3.05, 3.63) is 101 Å². The second kappa shape index (κ2) is 11.2. The van der Waals surface area contributed by atoms with Crippen molar-refractivity contribution in [2.75, 3.05) is 0 Å². The molecule has 1 amide bonds. The van der Waals surface area contributed by atoms with Crippen LogP contribution >= 0.6 is 0 Å². The zero-order valence-electron chi connectivity index (χ0n) is 16.3. The lowest BCUT2D eigenvalue weighted by atomic mass is 10.1. The second-order valence-corrected chi connectivity index (χ2v) is 6.51. The maximum absolute atomic E-state index is 11.2. The van der Waals surface area contributed by atoms with Crippen LogP contribution in [-0.4, -0.2) is 28.1 Å².